The number of likely N-dealkylation sites (tertiary alicyclic amines) is 1. The van der Waals surface area contributed by atoms with Crippen molar-refractivity contribution in [1.29, 1.82) is 0 Å². The van der Waals surface area contributed by atoms with Gasteiger partial charge >= 0.3 is 0 Å². The normalized spacial score (nSPS) is 16.6. The van der Waals surface area contributed by atoms with E-state index in [9.17, 15) is 18.8 Å². The van der Waals surface area contributed by atoms with Gasteiger partial charge in [-0.05, 0) is 52.0 Å². The third kappa shape index (κ3) is 7.43. The zero-order chi connectivity index (χ0) is 32.0. The fourth-order valence-corrected chi connectivity index (χ4v) is 6.45. The lowest BCUT2D eigenvalue weighted by molar-refractivity contribution is -0.121. The van der Waals surface area contributed by atoms with Crippen molar-refractivity contribution < 1.29 is 28.2 Å². The molecule has 240 valence electrons. The van der Waals surface area contributed by atoms with Crippen molar-refractivity contribution in [1.82, 2.24) is 30.3 Å². The zero-order valence-electron chi connectivity index (χ0n) is 26.5. The number of nitrogens with one attached hydrogen (secondary N) is 1. The first-order valence-corrected chi connectivity index (χ1v) is 15.3. The smallest absolute Gasteiger partial charge is 0.298 e. The average Bonchev–Trinajstić information content (AvgIpc) is 3.39. The van der Waals surface area contributed by atoms with Crippen LogP contribution in [0, 0.1) is 17.2 Å². The largest absolute Gasteiger partial charge is 0.430 e. The van der Waals surface area contributed by atoms with Crippen LogP contribution in [-0.2, 0) is 9.59 Å². The molecule has 1 atom stereocenters. The predicted molar refractivity (Wildman–Crippen MR) is 162 cm³/mol. The summed E-state index contributed by atoms with van der Waals surface area (Å²) in [6, 6.07) is 2.33. The summed E-state index contributed by atoms with van der Waals surface area (Å²) in [5, 5.41) is 11.0. The van der Waals surface area contributed by atoms with Crippen LogP contribution in [0.15, 0.2) is 18.5 Å². The van der Waals surface area contributed by atoms with Gasteiger partial charge in [-0.1, -0.05) is 13.8 Å². The molecule has 0 radical (unpaired) electrons. The number of carbonyl (C=O) groups excluding carboxylic acids is 3. The van der Waals surface area contributed by atoms with Crippen LogP contribution < -0.4 is 19.7 Å². The van der Waals surface area contributed by atoms with Crippen molar-refractivity contribution in [3.8, 4) is 17.4 Å². The number of benzene rings is 1. The van der Waals surface area contributed by atoms with Gasteiger partial charge in [-0.2, -0.15) is 0 Å². The fraction of sp³-hybridized carbons (Fsp3) is 0.613. The topological polar surface area (TPSA) is 130 Å². The summed E-state index contributed by atoms with van der Waals surface area (Å²) in [7, 11) is 0. The standard InChI is InChI=1S/C31H44FN7O5/c1-7-39(21(4)5)30(42)24-13-23(32)14-26(43-19-40)27(24)44-29-28(34-18-35-36-29)37-12-10-31(15-37)16-38(17-31)25(20(2)3)9-8-11-33-22(6)41/h13-14,18-21,25H,7-12,15-17H2,1-6H3,(H,33,41)/t25-/m1/s1. The molecule has 2 aliphatic rings. The van der Waals surface area contributed by atoms with Crippen LogP contribution in [0.5, 0.6) is 17.4 Å². The molecule has 0 saturated carbocycles. The number of carbonyl (C=O) groups is 3. The van der Waals surface area contributed by atoms with Gasteiger partial charge in [-0.25, -0.2) is 9.37 Å². The average molecular weight is 614 g/mol. The van der Waals surface area contributed by atoms with E-state index >= 15 is 0 Å². The molecular formula is C31H44FN7O5. The Labute approximate surface area is 258 Å². The van der Waals surface area contributed by atoms with Gasteiger partial charge in [0.2, 0.25) is 5.91 Å². The lowest BCUT2D eigenvalue weighted by atomic mass is 9.76. The van der Waals surface area contributed by atoms with Crippen LogP contribution in [0.2, 0.25) is 0 Å². The molecular weight excluding hydrogens is 569 g/mol. The molecule has 44 heavy (non-hydrogen) atoms. The number of ether oxygens (including phenoxy) is 2. The van der Waals surface area contributed by atoms with Crippen LogP contribution in [-0.4, -0.2) is 94.6 Å². The molecule has 1 N–H and O–H groups in total. The van der Waals surface area contributed by atoms with Crippen LogP contribution in [0.4, 0.5) is 10.2 Å². The second kappa shape index (κ2) is 14.3. The Morgan fingerprint density at radius 1 is 1.20 bits per heavy atom. The maximum absolute atomic E-state index is 14.6. The second-order valence-electron chi connectivity index (χ2n) is 12.4. The minimum absolute atomic E-state index is 0.00385. The van der Waals surface area contributed by atoms with E-state index in [1.54, 1.807) is 4.90 Å². The second-order valence-corrected chi connectivity index (χ2v) is 12.4. The van der Waals surface area contributed by atoms with Gasteiger partial charge in [0, 0.05) is 69.8 Å². The molecule has 4 rings (SSSR count). The first-order chi connectivity index (χ1) is 21.0. The number of halogens is 1. The highest BCUT2D eigenvalue weighted by molar-refractivity contribution is 5.98. The summed E-state index contributed by atoms with van der Waals surface area (Å²) < 4.78 is 25.8. The van der Waals surface area contributed by atoms with E-state index in [0.717, 1.165) is 57.6 Å². The summed E-state index contributed by atoms with van der Waals surface area (Å²) in [6.07, 6.45) is 4.24. The Balaban J connectivity index is 1.53. The van der Waals surface area contributed by atoms with Gasteiger partial charge in [0.05, 0.1) is 5.56 Å². The van der Waals surface area contributed by atoms with Gasteiger partial charge in [0.25, 0.3) is 18.3 Å². The van der Waals surface area contributed by atoms with E-state index in [2.05, 4.69) is 44.1 Å². The maximum Gasteiger partial charge on any atom is 0.298 e. The molecule has 0 unspecified atom stereocenters. The number of aromatic nitrogens is 3. The fourth-order valence-electron chi connectivity index (χ4n) is 6.45. The quantitative estimate of drug-likeness (QED) is 0.249. The van der Waals surface area contributed by atoms with Crippen LogP contribution >= 0.6 is 0 Å². The van der Waals surface area contributed by atoms with Crippen LogP contribution in [0.1, 0.15) is 71.2 Å². The van der Waals surface area contributed by atoms with Gasteiger partial charge in [-0.3, -0.25) is 19.3 Å². The van der Waals surface area contributed by atoms with Crippen molar-refractivity contribution >= 4 is 24.1 Å². The number of amides is 2. The Morgan fingerprint density at radius 2 is 1.95 bits per heavy atom. The maximum atomic E-state index is 14.6. The van der Waals surface area contributed by atoms with Crippen molar-refractivity contribution in [2.24, 2.45) is 11.3 Å². The van der Waals surface area contributed by atoms with Crippen molar-refractivity contribution in [2.45, 2.75) is 72.9 Å². The monoisotopic (exact) mass is 613 g/mol. The van der Waals surface area contributed by atoms with Crippen molar-refractivity contribution in [3.05, 3.63) is 29.8 Å². The van der Waals surface area contributed by atoms with Crippen LogP contribution in [0.25, 0.3) is 0 Å². The first-order valence-electron chi connectivity index (χ1n) is 15.3. The molecule has 1 spiro atoms. The molecule has 2 aliphatic heterocycles. The van der Waals surface area contributed by atoms with Gasteiger partial charge in [0.1, 0.15) is 12.1 Å². The zero-order valence-corrected chi connectivity index (χ0v) is 26.5. The molecule has 3 heterocycles. The minimum atomic E-state index is -0.749. The highest BCUT2D eigenvalue weighted by Crippen LogP contribution is 2.45. The SMILES string of the molecule is CCN(C(=O)c1cc(F)cc(OC=O)c1Oc1nncnc1N1CCC2(C1)CN([C@H](CCCNC(C)=O)C(C)C)C2)C(C)C. The third-order valence-electron chi connectivity index (χ3n) is 8.52. The highest BCUT2D eigenvalue weighted by Gasteiger charge is 2.50. The number of hydrogen-bond donors (Lipinski definition) is 1. The van der Waals surface area contributed by atoms with Crippen molar-refractivity contribution in [3.63, 3.8) is 0 Å². The minimum Gasteiger partial charge on any atom is -0.430 e. The lowest BCUT2D eigenvalue weighted by Gasteiger charge is -2.53. The summed E-state index contributed by atoms with van der Waals surface area (Å²) >= 11 is 0. The number of rotatable bonds is 14. The van der Waals surface area contributed by atoms with Crippen molar-refractivity contribution in [2.75, 3.05) is 44.2 Å². The van der Waals surface area contributed by atoms with E-state index in [1.807, 2.05) is 20.8 Å². The van der Waals surface area contributed by atoms with E-state index in [-0.39, 0.29) is 46.8 Å². The van der Waals surface area contributed by atoms with Gasteiger partial charge < -0.3 is 24.6 Å². The molecule has 2 fully saturated rings. The number of nitrogens with zero attached hydrogens (tertiary/aromatic N) is 6. The molecule has 12 nitrogen and oxygen atoms in total. The van der Waals surface area contributed by atoms with E-state index in [0.29, 0.717) is 30.9 Å². The summed E-state index contributed by atoms with van der Waals surface area (Å²) in [5.41, 5.74) is -0.00550. The molecule has 0 bridgehead atoms. The predicted octanol–water partition coefficient (Wildman–Crippen LogP) is 3.66. The Bertz CT molecular complexity index is 1330. The molecule has 13 heteroatoms. The lowest BCUT2D eigenvalue weighted by Crippen LogP contribution is -2.62. The molecule has 1 aromatic carbocycles. The summed E-state index contributed by atoms with van der Waals surface area (Å²) in [4.78, 5) is 46.7. The highest BCUT2D eigenvalue weighted by atomic mass is 19.1. The summed E-state index contributed by atoms with van der Waals surface area (Å²) in [5.74, 6) is -0.638. The van der Waals surface area contributed by atoms with E-state index < -0.39 is 11.7 Å². The van der Waals surface area contributed by atoms with E-state index in [4.69, 9.17) is 9.47 Å². The van der Waals surface area contributed by atoms with Crippen LogP contribution in [0.3, 0.4) is 0 Å². The molecule has 0 aliphatic carbocycles. The Morgan fingerprint density at radius 3 is 2.59 bits per heavy atom. The Kier molecular flexibility index (Phi) is 10.7. The molecule has 2 aromatic rings. The molecule has 2 saturated heterocycles. The molecule has 1 aromatic heterocycles. The first kappa shape index (κ1) is 33.0. The summed E-state index contributed by atoms with van der Waals surface area (Å²) in [6.45, 7) is 16.1. The Hall–Kier alpha value is -3.87. The number of anilines is 1. The molecule has 2 amide bonds. The van der Waals surface area contributed by atoms with Gasteiger partial charge in [-0.15, -0.1) is 10.2 Å². The third-order valence-corrected chi connectivity index (χ3v) is 8.52. The van der Waals surface area contributed by atoms with Gasteiger partial charge in [0.15, 0.2) is 17.3 Å². The number of hydrogen-bond acceptors (Lipinski definition) is 10. The van der Waals surface area contributed by atoms with E-state index in [1.165, 1.54) is 13.3 Å².